The number of carbonyl (C=O) groups is 1. The van der Waals surface area contributed by atoms with Gasteiger partial charge in [0.1, 0.15) is 5.01 Å². The van der Waals surface area contributed by atoms with Gasteiger partial charge >= 0.3 is 0 Å². The maximum atomic E-state index is 12.2. The highest BCUT2D eigenvalue weighted by Crippen LogP contribution is 2.25. The zero-order valence-electron chi connectivity index (χ0n) is 12.2. The number of benzene rings is 1. The number of nitrogens with one attached hydrogen (secondary N) is 1. The largest absolute Gasteiger partial charge is 0.352 e. The van der Waals surface area contributed by atoms with Gasteiger partial charge < -0.3 is 5.32 Å². The zero-order chi connectivity index (χ0) is 15.2. The second-order valence-corrected chi connectivity index (χ2v) is 6.21. The topological polar surface area (TPSA) is 42.0 Å². The standard InChI is InChI=1S/C16H19ClN2OS/c1-3-11(2)9-18-15(20)12-5-4-6-13(7-12)16-19-14(8-17)10-21-16/h4-7,10-11H,3,8-9H2,1-2H3,(H,18,20). The van der Waals surface area contributed by atoms with Crippen LogP contribution in [0, 0.1) is 5.92 Å². The molecule has 0 saturated heterocycles. The van der Waals surface area contributed by atoms with Crippen LogP contribution in [0.15, 0.2) is 29.6 Å². The predicted molar refractivity (Wildman–Crippen MR) is 88.9 cm³/mol. The van der Waals surface area contributed by atoms with Crippen molar-refractivity contribution in [2.45, 2.75) is 26.1 Å². The van der Waals surface area contributed by atoms with Crippen LogP contribution in [0.5, 0.6) is 0 Å². The fourth-order valence-corrected chi connectivity index (χ4v) is 2.85. The SMILES string of the molecule is CCC(C)CNC(=O)c1cccc(-c2nc(CCl)cs2)c1. The maximum absolute atomic E-state index is 12.2. The Kier molecular flexibility index (Phi) is 5.76. The average molecular weight is 323 g/mol. The third-order valence-corrected chi connectivity index (χ3v) is 4.58. The molecule has 1 heterocycles. The van der Waals surface area contributed by atoms with Crippen molar-refractivity contribution in [2.75, 3.05) is 6.54 Å². The molecule has 2 rings (SSSR count). The molecule has 1 aromatic heterocycles. The third-order valence-electron chi connectivity index (χ3n) is 3.37. The highest BCUT2D eigenvalue weighted by molar-refractivity contribution is 7.13. The van der Waals surface area contributed by atoms with E-state index in [9.17, 15) is 4.79 Å². The third kappa shape index (κ3) is 4.29. The smallest absolute Gasteiger partial charge is 0.251 e. The summed E-state index contributed by atoms with van der Waals surface area (Å²) in [4.78, 5) is 16.6. The van der Waals surface area contributed by atoms with Gasteiger partial charge in [-0.25, -0.2) is 4.98 Å². The summed E-state index contributed by atoms with van der Waals surface area (Å²) in [5.41, 5.74) is 2.48. The Morgan fingerprint density at radius 2 is 2.29 bits per heavy atom. The first-order valence-corrected chi connectivity index (χ1v) is 8.44. The van der Waals surface area contributed by atoms with Crippen LogP contribution < -0.4 is 5.32 Å². The summed E-state index contributed by atoms with van der Waals surface area (Å²) in [6.45, 7) is 4.95. The molecule has 0 spiro atoms. The molecule has 0 saturated carbocycles. The molecule has 1 atom stereocenters. The zero-order valence-corrected chi connectivity index (χ0v) is 13.8. The molecule has 1 aromatic carbocycles. The van der Waals surface area contributed by atoms with E-state index in [1.165, 1.54) is 0 Å². The number of hydrogen-bond donors (Lipinski definition) is 1. The average Bonchev–Trinajstić information content (AvgIpc) is 3.01. The van der Waals surface area contributed by atoms with Gasteiger partial charge in [0.05, 0.1) is 11.6 Å². The molecular formula is C16H19ClN2OS. The number of hydrogen-bond acceptors (Lipinski definition) is 3. The lowest BCUT2D eigenvalue weighted by atomic mass is 10.1. The van der Waals surface area contributed by atoms with Crippen molar-refractivity contribution in [3.05, 3.63) is 40.9 Å². The summed E-state index contributed by atoms with van der Waals surface area (Å²) in [7, 11) is 0. The minimum atomic E-state index is -0.0359. The molecular weight excluding hydrogens is 304 g/mol. The second-order valence-electron chi connectivity index (χ2n) is 5.08. The Morgan fingerprint density at radius 1 is 1.48 bits per heavy atom. The number of carbonyl (C=O) groups excluding carboxylic acids is 1. The van der Waals surface area contributed by atoms with Gasteiger partial charge in [0.25, 0.3) is 5.91 Å². The number of rotatable bonds is 6. The summed E-state index contributed by atoms with van der Waals surface area (Å²) in [5, 5.41) is 5.80. The highest BCUT2D eigenvalue weighted by Gasteiger charge is 2.10. The monoisotopic (exact) mass is 322 g/mol. The summed E-state index contributed by atoms with van der Waals surface area (Å²) in [6.07, 6.45) is 1.06. The molecule has 0 aliphatic heterocycles. The van der Waals surface area contributed by atoms with E-state index in [2.05, 4.69) is 24.1 Å². The van der Waals surface area contributed by atoms with Crippen molar-refractivity contribution in [3.8, 4) is 10.6 Å². The lowest BCUT2D eigenvalue weighted by Crippen LogP contribution is -2.28. The molecule has 21 heavy (non-hydrogen) atoms. The Hall–Kier alpha value is -1.39. The molecule has 0 aliphatic rings. The van der Waals surface area contributed by atoms with Crippen LogP contribution in [0.1, 0.15) is 36.3 Å². The van der Waals surface area contributed by atoms with Gasteiger partial charge in [-0.3, -0.25) is 4.79 Å². The molecule has 0 radical (unpaired) electrons. The summed E-state index contributed by atoms with van der Waals surface area (Å²) in [6, 6.07) is 7.55. The van der Waals surface area contributed by atoms with E-state index < -0.39 is 0 Å². The fourth-order valence-electron chi connectivity index (χ4n) is 1.81. The van der Waals surface area contributed by atoms with E-state index in [1.807, 2.05) is 29.6 Å². The normalized spacial score (nSPS) is 12.1. The first kappa shape index (κ1) is 16.0. The summed E-state index contributed by atoms with van der Waals surface area (Å²) < 4.78 is 0. The van der Waals surface area contributed by atoms with Crippen LogP contribution in [-0.4, -0.2) is 17.4 Å². The minimum Gasteiger partial charge on any atom is -0.352 e. The Bertz CT molecular complexity index is 612. The van der Waals surface area contributed by atoms with Crippen LogP contribution in [0.4, 0.5) is 0 Å². The van der Waals surface area contributed by atoms with Gasteiger partial charge in [-0.05, 0) is 18.1 Å². The van der Waals surface area contributed by atoms with E-state index in [4.69, 9.17) is 11.6 Å². The summed E-state index contributed by atoms with van der Waals surface area (Å²) in [5.74, 6) is 0.861. The molecule has 1 N–H and O–H groups in total. The van der Waals surface area contributed by atoms with Crippen molar-refractivity contribution in [1.82, 2.24) is 10.3 Å². The minimum absolute atomic E-state index is 0.0359. The molecule has 0 bridgehead atoms. The van der Waals surface area contributed by atoms with Crippen molar-refractivity contribution in [1.29, 1.82) is 0 Å². The molecule has 1 unspecified atom stereocenters. The second kappa shape index (κ2) is 7.57. The number of halogens is 1. The molecule has 1 amide bonds. The van der Waals surface area contributed by atoms with Crippen LogP contribution in [0.3, 0.4) is 0 Å². The van der Waals surface area contributed by atoms with Gasteiger partial charge in [0.2, 0.25) is 0 Å². The molecule has 0 fully saturated rings. The Balaban J connectivity index is 2.11. The quantitative estimate of drug-likeness (QED) is 0.804. The molecule has 3 nitrogen and oxygen atoms in total. The fraction of sp³-hybridized carbons (Fsp3) is 0.375. The lowest BCUT2D eigenvalue weighted by molar-refractivity contribution is 0.0948. The van der Waals surface area contributed by atoms with E-state index in [1.54, 1.807) is 11.3 Å². The van der Waals surface area contributed by atoms with E-state index in [0.29, 0.717) is 23.9 Å². The van der Waals surface area contributed by atoms with Crippen molar-refractivity contribution in [2.24, 2.45) is 5.92 Å². The van der Waals surface area contributed by atoms with Crippen molar-refractivity contribution < 1.29 is 4.79 Å². The Labute approximate surface area is 134 Å². The molecule has 2 aromatic rings. The Morgan fingerprint density at radius 3 is 2.95 bits per heavy atom. The van der Waals surface area contributed by atoms with E-state index >= 15 is 0 Å². The highest BCUT2D eigenvalue weighted by atomic mass is 35.5. The van der Waals surface area contributed by atoms with Gasteiger partial charge in [0.15, 0.2) is 0 Å². The first-order chi connectivity index (χ1) is 10.1. The maximum Gasteiger partial charge on any atom is 0.251 e. The number of alkyl halides is 1. The molecule has 0 aliphatic carbocycles. The summed E-state index contributed by atoms with van der Waals surface area (Å²) >= 11 is 7.32. The number of thiazole rings is 1. The van der Waals surface area contributed by atoms with Crippen molar-refractivity contribution in [3.63, 3.8) is 0 Å². The number of nitrogens with zero attached hydrogens (tertiary/aromatic N) is 1. The van der Waals surface area contributed by atoms with Gasteiger partial charge in [-0.15, -0.1) is 22.9 Å². The predicted octanol–water partition coefficient (Wildman–Crippen LogP) is 4.32. The molecule has 112 valence electrons. The van der Waals surface area contributed by atoms with E-state index in [0.717, 1.165) is 22.7 Å². The first-order valence-electron chi connectivity index (χ1n) is 7.03. The van der Waals surface area contributed by atoms with Crippen molar-refractivity contribution >= 4 is 28.8 Å². The van der Waals surface area contributed by atoms with E-state index in [-0.39, 0.29) is 5.91 Å². The van der Waals surface area contributed by atoms with Crippen LogP contribution >= 0.6 is 22.9 Å². The van der Waals surface area contributed by atoms with Crippen LogP contribution in [-0.2, 0) is 5.88 Å². The van der Waals surface area contributed by atoms with Gasteiger partial charge in [-0.1, -0.05) is 32.4 Å². The van der Waals surface area contributed by atoms with Gasteiger partial charge in [0, 0.05) is 23.1 Å². The lowest BCUT2D eigenvalue weighted by Gasteiger charge is -2.10. The van der Waals surface area contributed by atoms with Gasteiger partial charge in [-0.2, -0.15) is 0 Å². The number of amides is 1. The molecule has 5 heteroatoms. The number of aromatic nitrogens is 1. The van der Waals surface area contributed by atoms with Crippen LogP contribution in [0.2, 0.25) is 0 Å². The van der Waals surface area contributed by atoms with Crippen LogP contribution in [0.25, 0.3) is 10.6 Å².